The van der Waals surface area contributed by atoms with Gasteiger partial charge in [-0.05, 0) is 30.2 Å². The average molecular weight is 402 g/mol. The molecule has 6 nitrogen and oxygen atoms in total. The van der Waals surface area contributed by atoms with E-state index in [4.69, 9.17) is 0 Å². The van der Waals surface area contributed by atoms with Crippen molar-refractivity contribution in [1.29, 1.82) is 0 Å². The second kappa shape index (κ2) is 8.32. The topological polar surface area (TPSA) is 60.9 Å². The zero-order valence-corrected chi connectivity index (χ0v) is 17.4. The van der Waals surface area contributed by atoms with E-state index >= 15 is 0 Å². The number of piperazine rings is 1. The molecule has 0 aliphatic carbocycles. The van der Waals surface area contributed by atoms with Gasteiger partial charge in [-0.3, -0.25) is 14.0 Å². The van der Waals surface area contributed by atoms with Crippen LogP contribution in [0.1, 0.15) is 21.5 Å². The molecule has 7 heteroatoms. The molecule has 1 aliphatic heterocycles. The van der Waals surface area contributed by atoms with Crippen LogP contribution in [0.25, 0.3) is 0 Å². The van der Waals surface area contributed by atoms with Crippen molar-refractivity contribution in [3.05, 3.63) is 65.2 Å². The van der Waals surface area contributed by atoms with Crippen molar-refractivity contribution in [3.8, 4) is 0 Å². The minimum atomic E-state index is -3.38. The van der Waals surface area contributed by atoms with Crippen LogP contribution >= 0.6 is 0 Å². The fourth-order valence-corrected chi connectivity index (χ4v) is 4.05. The third-order valence-electron chi connectivity index (χ3n) is 5.28. The Morgan fingerprint density at radius 3 is 2.25 bits per heavy atom. The van der Waals surface area contributed by atoms with E-state index in [1.54, 1.807) is 25.1 Å². The van der Waals surface area contributed by atoms with Crippen molar-refractivity contribution in [3.63, 3.8) is 0 Å². The van der Waals surface area contributed by atoms with Gasteiger partial charge in [0.1, 0.15) is 0 Å². The molecule has 0 N–H and O–H groups in total. The Balaban J connectivity index is 1.69. The molecule has 0 aromatic heterocycles. The Bertz CT molecular complexity index is 937. The number of nitrogens with zero attached hydrogens (tertiary/aromatic N) is 3. The van der Waals surface area contributed by atoms with Crippen LogP contribution in [0.5, 0.6) is 0 Å². The lowest BCUT2D eigenvalue weighted by Gasteiger charge is -2.35. The molecule has 0 unspecified atom stereocenters. The number of rotatable bonds is 5. The molecular formula is C21H27N3O3S. The van der Waals surface area contributed by atoms with Crippen molar-refractivity contribution in [2.45, 2.75) is 13.5 Å². The van der Waals surface area contributed by atoms with Gasteiger partial charge in [0.2, 0.25) is 10.0 Å². The van der Waals surface area contributed by atoms with Crippen LogP contribution in [-0.4, -0.2) is 63.6 Å². The predicted molar refractivity (Wildman–Crippen MR) is 112 cm³/mol. The van der Waals surface area contributed by atoms with Crippen LogP contribution in [0.4, 0.5) is 5.69 Å². The highest BCUT2D eigenvalue weighted by atomic mass is 32.2. The minimum Gasteiger partial charge on any atom is -0.336 e. The van der Waals surface area contributed by atoms with Gasteiger partial charge in [-0.2, -0.15) is 0 Å². The number of amides is 1. The molecular weight excluding hydrogens is 374 g/mol. The van der Waals surface area contributed by atoms with Gasteiger partial charge in [0.25, 0.3) is 5.91 Å². The maximum atomic E-state index is 13.0. The molecule has 1 heterocycles. The first-order valence-corrected chi connectivity index (χ1v) is 11.2. The SMILES string of the molecule is Cc1c(C(=O)N2CCN(Cc3ccccc3)CC2)cccc1N(C)S(C)(=O)=O. The van der Waals surface area contributed by atoms with E-state index in [9.17, 15) is 13.2 Å². The van der Waals surface area contributed by atoms with Gasteiger partial charge in [0, 0.05) is 45.3 Å². The van der Waals surface area contributed by atoms with Crippen LogP contribution in [-0.2, 0) is 16.6 Å². The molecule has 150 valence electrons. The lowest BCUT2D eigenvalue weighted by Crippen LogP contribution is -2.48. The van der Waals surface area contributed by atoms with Crippen LogP contribution < -0.4 is 4.31 Å². The van der Waals surface area contributed by atoms with E-state index < -0.39 is 10.0 Å². The summed E-state index contributed by atoms with van der Waals surface area (Å²) < 4.78 is 25.0. The molecule has 0 radical (unpaired) electrons. The second-order valence-corrected chi connectivity index (χ2v) is 9.25. The van der Waals surface area contributed by atoms with Gasteiger partial charge < -0.3 is 4.90 Å². The lowest BCUT2D eigenvalue weighted by molar-refractivity contribution is 0.0628. The highest BCUT2D eigenvalue weighted by molar-refractivity contribution is 7.92. The lowest BCUT2D eigenvalue weighted by atomic mass is 10.0. The fraction of sp³-hybridized carbons (Fsp3) is 0.381. The highest BCUT2D eigenvalue weighted by Crippen LogP contribution is 2.25. The first kappa shape index (κ1) is 20.4. The molecule has 2 aromatic rings. The van der Waals surface area contributed by atoms with E-state index in [2.05, 4.69) is 17.0 Å². The van der Waals surface area contributed by atoms with Gasteiger partial charge >= 0.3 is 0 Å². The summed E-state index contributed by atoms with van der Waals surface area (Å²) in [6, 6.07) is 15.6. The van der Waals surface area contributed by atoms with E-state index in [1.165, 1.54) is 16.9 Å². The van der Waals surface area contributed by atoms with Crippen LogP contribution in [0.2, 0.25) is 0 Å². The van der Waals surface area contributed by atoms with Gasteiger partial charge in [-0.1, -0.05) is 36.4 Å². The molecule has 3 rings (SSSR count). The number of sulfonamides is 1. The zero-order chi connectivity index (χ0) is 20.3. The molecule has 1 aliphatic rings. The fourth-order valence-electron chi connectivity index (χ4n) is 3.50. The number of hydrogen-bond acceptors (Lipinski definition) is 4. The third-order valence-corrected chi connectivity index (χ3v) is 6.47. The summed E-state index contributed by atoms with van der Waals surface area (Å²) >= 11 is 0. The van der Waals surface area contributed by atoms with Crippen molar-refractivity contribution < 1.29 is 13.2 Å². The maximum Gasteiger partial charge on any atom is 0.254 e. The Hall–Kier alpha value is -2.38. The summed E-state index contributed by atoms with van der Waals surface area (Å²) in [5.41, 5.74) is 3.06. The first-order chi connectivity index (χ1) is 13.3. The van der Waals surface area contributed by atoms with Gasteiger partial charge in [0.15, 0.2) is 0 Å². The molecule has 1 amide bonds. The average Bonchev–Trinajstić information content (AvgIpc) is 2.68. The van der Waals surface area contributed by atoms with E-state index in [-0.39, 0.29) is 5.91 Å². The molecule has 1 fully saturated rings. The molecule has 0 saturated carbocycles. The van der Waals surface area contributed by atoms with Crippen LogP contribution in [0, 0.1) is 6.92 Å². The minimum absolute atomic E-state index is 0.0411. The third kappa shape index (κ3) is 4.54. The Morgan fingerprint density at radius 2 is 1.64 bits per heavy atom. The summed E-state index contributed by atoms with van der Waals surface area (Å²) in [4.78, 5) is 17.3. The predicted octanol–water partition coefficient (Wildman–Crippen LogP) is 2.35. The van der Waals surface area contributed by atoms with Crippen molar-refractivity contribution in [1.82, 2.24) is 9.80 Å². The van der Waals surface area contributed by atoms with Crippen molar-refractivity contribution in [2.24, 2.45) is 0 Å². The van der Waals surface area contributed by atoms with Gasteiger partial charge in [0.05, 0.1) is 11.9 Å². The largest absolute Gasteiger partial charge is 0.336 e. The summed E-state index contributed by atoms with van der Waals surface area (Å²) in [7, 11) is -1.87. The normalized spacial score (nSPS) is 15.5. The Morgan fingerprint density at radius 1 is 1.00 bits per heavy atom. The summed E-state index contributed by atoms with van der Waals surface area (Å²) in [6.07, 6.45) is 1.16. The molecule has 28 heavy (non-hydrogen) atoms. The maximum absolute atomic E-state index is 13.0. The monoisotopic (exact) mass is 401 g/mol. The van der Waals surface area contributed by atoms with E-state index in [1.807, 2.05) is 23.1 Å². The summed E-state index contributed by atoms with van der Waals surface area (Å²) in [5.74, 6) is -0.0411. The molecule has 0 bridgehead atoms. The van der Waals surface area contributed by atoms with Crippen LogP contribution in [0.15, 0.2) is 48.5 Å². The highest BCUT2D eigenvalue weighted by Gasteiger charge is 2.25. The van der Waals surface area contributed by atoms with Crippen molar-refractivity contribution in [2.75, 3.05) is 43.8 Å². The standard InChI is InChI=1S/C21H27N3O3S/c1-17-19(10-7-11-20(17)22(2)28(3,26)27)21(25)24-14-12-23(13-15-24)16-18-8-5-4-6-9-18/h4-11H,12-16H2,1-3H3. The van der Waals surface area contributed by atoms with Crippen LogP contribution in [0.3, 0.4) is 0 Å². The van der Waals surface area contributed by atoms with Crippen molar-refractivity contribution >= 4 is 21.6 Å². The number of anilines is 1. The number of hydrogen-bond donors (Lipinski definition) is 0. The molecule has 1 saturated heterocycles. The smallest absolute Gasteiger partial charge is 0.254 e. The van der Waals surface area contributed by atoms with E-state index in [0.29, 0.717) is 29.9 Å². The number of carbonyl (C=O) groups excluding carboxylic acids is 1. The first-order valence-electron chi connectivity index (χ1n) is 9.36. The zero-order valence-electron chi connectivity index (χ0n) is 16.6. The Labute approximate surface area is 167 Å². The quantitative estimate of drug-likeness (QED) is 0.772. The molecule has 0 spiro atoms. The number of benzene rings is 2. The summed E-state index contributed by atoms with van der Waals surface area (Å²) in [6.45, 7) is 5.66. The summed E-state index contributed by atoms with van der Waals surface area (Å²) in [5, 5.41) is 0. The number of carbonyl (C=O) groups is 1. The second-order valence-electron chi connectivity index (χ2n) is 7.23. The van der Waals surface area contributed by atoms with Gasteiger partial charge in [-0.15, -0.1) is 0 Å². The molecule has 0 atom stereocenters. The molecule has 2 aromatic carbocycles. The Kier molecular flexibility index (Phi) is 6.05. The van der Waals surface area contributed by atoms with E-state index in [0.717, 1.165) is 25.9 Å². The van der Waals surface area contributed by atoms with Gasteiger partial charge in [-0.25, -0.2) is 8.42 Å².